The number of para-hydroxylation sites is 1. The molecule has 1 N–H and O–H groups in total. The normalized spacial score (nSPS) is 11.6. The third kappa shape index (κ3) is 3.64. The molecule has 1 amide bonds. The number of carbonyl (C=O) groups excluding carboxylic acids is 1. The van der Waals surface area contributed by atoms with Gasteiger partial charge in [-0.05, 0) is 48.2 Å². The first-order chi connectivity index (χ1) is 14.2. The van der Waals surface area contributed by atoms with Gasteiger partial charge in [-0.15, -0.1) is 0 Å². The van der Waals surface area contributed by atoms with Gasteiger partial charge in [0.15, 0.2) is 0 Å². The van der Waals surface area contributed by atoms with E-state index < -0.39 is 5.63 Å². The lowest BCUT2D eigenvalue weighted by atomic mass is 9.87. The smallest absolute Gasteiger partial charge is 0.361 e. The summed E-state index contributed by atoms with van der Waals surface area (Å²) >= 11 is 0. The molecule has 4 aromatic rings. The van der Waals surface area contributed by atoms with Gasteiger partial charge in [-0.25, -0.2) is 4.79 Å². The molecular formula is C24H23N3O3. The summed E-state index contributed by atoms with van der Waals surface area (Å²) in [5.41, 5.74) is 2.89. The van der Waals surface area contributed by atoms with Crippen LogP contribution in [0.15, 0.2) is 69.9 Å². The van der Waals surface area contributed by atoms with Crippen LogP contribution in [0.5, 0.6) is 0 Å². The van der Waals surface area contributed by atoms with Gasteiger partial charge in [0.2, 0.25) is 5.71 Å². The molecule has 0 fully saturated rings. The van der Waals surface area contributed by atoms with Crippen molar-refractivity contribution in [2.75, 3.05) is 5.32 Å². The standard InChI is InChI=1S/C24H23N3O3/c1-15-19-14-20(25-21(28)16-10-12-17(13-11-16)24(2,3)4)23(29)30-22(19)27(26-15)18-8-6-5-7-9-18/h5-14H,1-4H3,(H,25,28). The molecular weight excluding hydrogens is 378 g/mol. The quantitative estimate of drug-likeness (QED) is 0.533. The molecule has 2 aromatic carbocycles. The Labute approximate surface area is 174 Å². The van der Waals surface area contributed by atoms with Crippen LogP contribution in [-0.2, 0) is 5.41 Å². The number of fused-ring (bicyclic) bond motifs is 1. The second-order valence-corrected chi connectivity index (χ2v) is 8.28. The molecule has 0 aliphatic heterocycles. The molecule has 0 unspecified atom stereocenters. The van der Waals surface area contributed by atoms with Gasteiger partial charge < -0.3 is 9.73 Å². The zero-order chi connectivity index (χ0) is 21.5. The zero-order valence-corrected chi connectivity index (χ0v) is 17.4. The summed E-state index contributed by atoms with van der Waals surface area (Å²) in [5, 5.41) is 7.82. The van der Waals surface area contributed by atoms with Crippen LogP contribution in [0.4, 0.5) is 5.69 Å². The number of carbonyl (C=O) groups is 1. The number of aryl methyl sites for hydroxylation is 1. The summed E-state index contributed by atoms with van der Waals surface area (Å²) in [7, 11) is 0. The zero-order valence-electron chi connectivity index (χ0n) is 17.4. The Kier molecular flexibility index (Phi) is 4.78. The highest BCUT2D eigenvalue weighted by atomic mass is 16.4. The molecule has 30 heavy (non-hydrogen) atoms. The van der Waals surface area contributed by atoms with Crippen LogP contribution in [0, 0.1) is 6.92 Å². The van der Waals surface area contributed by atoms with Crippen LogP contribution in [0.25, 0.3) is 16.8 Å². The van der Waals surface area contributed by atoms with E-state index in [4.69, 9.17) is 4.42 Å². The molecule has 0 aliphatic rings. The fourth-order valence-electron chi connectivity index (χ4n) is 3.28. The lowest BCUT2D eigenvalue weighted by Crippen LogP contribution is -2.18. The van der Waals surface area contributed by atoms with Crippen LogP contribution in [-0.4, -0.2) is 15.7 Å². The number of hydrogen-bond donors (Lipinski definition) is 1. The van der Waals surface area contributed by atoms with E-state index in [9.17, 15) is 9.59 Å². The van der Waals surface area contributed by atoms with Crippen LogP contribution in [0.2, 0.25) is 0 Å². The predicted octanol–water partition coefficient (Wildman–Crippen LogP) is 4.84. The number of anilines is 1. The van der Waals surface area contributed by atoms with Crippen molar-refractivity contribution in [3.05, 3.63) is 87.9 Å². The number of benzene rings is 2. The van der Waals surface area contributed by atoms with Gasteiger partial charge in [-0.2, -0.15) is 9.78 Å². The minimum Gasteiger partial charge on any atom is -0.402 e. The van der Waals surface area contributed by atoms with Crippen molar-refractivity contribution in [1.29, 1.82) is 0 Å². The Morgan fingerprint density at radius 1 is 1.03 bits per heavy atom. The number of aromatic nitrogens is 2. The van der Waals surface area contributed by atoms with Crippen molar-refractivity contribution in [3.63, 3.8) is 0 Å². The Balaban J connectivity index is 1.67. The topological polar surface area (TPSA) is 77.1 Å². The number of hydrogen-bond acceptors (Lipinski definition) is 4. The first-order valence-electron chi connectivity index (χ1n) is 9.75. The molecule has 2 aromatic heterocycles. The molecule has 0 saturated heterocycles. The average molecular weight is 401 g/mol. The highest BCUT2D eigenvalue weighted by molar-refractivity contribution is 6.04. The van der Waals surface area contributed by atoms with Crippen molar-refractivity contribution in [1.82, 2.24) is 9.78 Å². The average Bonchev–Trinajstić information content (AvgIpc) is 3.04. The maximum absolute atomic E-state index is 12.7. The second kappa shape index (κ2) is 7.30. The first kappa shape index (κ1) is 19.6. The molecule has 0 atom stereocenters. The monoisotopic (exact) mass is 401 g/mol. The predicted molar refractivity (Wildman–Crippen MR) is 117 cm³/mol. The summed E-state index contributed by atoms with van der Waals surface area (Å²) in [6, 6.07) is 18.4. The summed E-state index contributed by atoms with van der Waals surface area (Å²) < 4.78 is 7.12. The van der Waals surface area contributed by atoms with Gasteiger partial charge >= 0.3 is 5.63 Å². The van der Waals surface area contributed by atoms with Gasteiger partial charge in [0.05, 0.1) is 16.8 Å². The van der Waals surface area contributed by atoms with Crippen molar-refractivity contribution < 1.29 is 9.21 Å². The Bertz CT molecular complexity index is 1280. The summed E-state index contributed by atoms with van der Waals surface area (Å²) in [5.74, 6) is -0.366. The van der Waals surface area contributed by atoms with E-state index in [1.807, 2.05) is 49.4 Å². The number of nitrogens with zero attached hydrogens (tertiary/aromatic N) is 2. The molecule has 152 valence electrons. The third-order valence-corrected chi connectivity index (χ3v) is 5.02. The van der Waals surface area contributed by atoms with Crippen molar-refractivity contribution in [3.8, 4) is 5.69 Å². The minimum atomic E-state index is -0.626. The molecule has 0 spiro atoms. The maximum atomic E-state index is 12.7. The lowest BCUT2D eigenvalue weighted by molar-refractivity contribution is 0.102. The van der Waals surface area contributed by atoms with Crippen LogP contribution in [0.3, 0.4) is 0 Å². The summed E-state index contributed by atoms with van der Waals surface area (Å²) in [6.45, 7) is 8.17. The molecule has 6 heteroatoms. The van der Waals surface area contributed by atoms with Crippen molar-refractivity contribution in [2.24, 2.45) is 0 Å². The Hall–Kier alpha value is -3.67. The van der Waals surface area contributed by atoms with Gasteiger partial charge in [-0.3, -0.25) is 4.79 Å². The Morgan fingerprint density at radius 2 is 1.70 bits per heavy atom. The van der Waals surface area contributed by atoms with E-state index in [0.29, 0.717) is 22.4 Å². The fourth-order valence-corrected chi connectivity index (χ4v) is 3.28. The van der Waals surface area contributed by atoms with Crippen LogP contribution >= 0.6 is 0 Å². The second-order valence-electron chi connectivity index (χ2n) is 8.28. The van der Waals surface area contributed by atoms with Crippen molar-refractivity contribution >= 4 is 22.7 Å². The van der Waals surface area contributed by atoms with E-state index in [-0.39, 0.29) is 17.0 Å². The van der Waals surface area contributed by atoms with Gasteiger partial charge in [0, 0.05) is 5.56 Å². The molecule has 0 aliphatic carbocycles. The largest absolute Gasteiger partial charge is 0.402 e. The van der Waals surface area contributed by atoms with Gasteiger partial charge in [0.25, 0.3) is 5.91 Å². The van der Waals surface area contributed by atoms with Gasteiger partial charge in [-0.1, -0.05) is 51.1 Å². The van der Waals surface area contributed by atoms with Crippen LogP contribution in [0.1, 0.15) is 42.4 Å². The first-order valence-corrected chi connectivity index (χ1v) is 9.75. The number of rotatable bonds is 3. The number of nitrogens with one attached hydrogen (secondary N) is 1. The minimum absolute atomic E-state index is 0.00243. The molecule has 6 nitrogen and oxygen atoms in total. The van der Waals surface area contributed by atoms with Crippen LogP contribution < -0.4 is 10.9 Å². The SMILES string of the molecule is Cc1nn(-c2ccccc2)c2oc(=O)c(NC(=O)c3ccc(C(C)(C)C)cc3)cc12. The lowest BCUT2D eigenvalue weighted by Gasteiger charge is -2.19. The highest BCUT2D eigenvalue weighted by Crippen LogP contribution is 2.24. The van der Waals surface area contributed by atoms with E-state index >= 15 is 0 Å². The van der Waals surface area contributed by atoms with E-state index in [2.05, 4.69) is 31.2 Å². The van der Waals surface area contributed by atoms with E-state index in [1.165, 1.54) is 0 Å². The van der Waals surface area contributed by atoms with E-state index in [1.54, 1.807) is 22.9 Å². The molecule has 4 rings (SSSR count). The molecule has 0 bridgehead atoms. The number of amides is 1. The molecule has 0 radical (unpaired) electrons. The fraction of sp³-hybridized carbons (Fsp3) is 0.208. The van der Waals surface area contributed by atoms with Gasteiger partial charge in [0.1, 0.15) is 5.69 Å². The Morgan fingerprint density at radius 3 is 2.33 bits per heavy atom. The highest BCUT2D eigenvalue weighted by Gasteiger charge is 2.18. The third-order valence-electron chi connectivity index (χ3n) is 5.02. The summed E-state index contributed by atoms with van der Waals surface area (Å²) in [4.78, 5) is 25.2. The van der Waals surface area contributed by atoms with Crippen molar-refractivity contribution in [2.45, 2.75) is 33.1 Å². The summed E-state index contributed by atoms with van der Waals surface area (Å²) in [6.07, 6.45) is 0. The van der Waals surface area contributed by atoms with E-state index in [0.717, 1.165) is 11.3 Å². The molecule has 2 heterocycles. The molecule has 0 saturated carbocycles. The maximum Gasteiger partial charge on any atom is 0.361 e.